The third kappa shape index (κ3) is 6.56. The molecule has 0 aromatic heterocycles. The minimum Gasteiger partial charge on any atom is -0.507 e. The fourth-order valence-corrected chi connectivity index (χ4v) is 6.24. The van der Waals surface area contributed by atoms with E-state index in [1.54, 1.807) is 6.07 Å². The maximum absolute atomic E-state index is 10.4. The summed E-state index contributed by atoms with van der Waals surface area (Å²) in [5.74, 6) is 0.316. The highest BCUT2D eigenvalue weighted by atomic mass is 31.1. The van der Waals surface area contributed by atoms with E-state index in [4.69, 9.17) is 0 Å². The van der Waals surface area contributed by atoms with Crippen LogP contribution in [0.4, 0.5) is 0 Å². The van der Waals surface area contributed by atoms with Crippen molar-refractivity contribution in [3.63, 3.8) is 0 Å². The van der Waals surface area contributed by atoms with Crippen LogP contribution in [0.2, 0.25) is 0 Å². The summed E-state index contributed by atoms with van der Waals surface area (Å²) >= 11 is 0. The molecule has 1 N–H and O–H groups in total. The van der Waals surface area contributed by atoms with Crippen molar-refractivity contribution in [2.75, 3.05) is 7.05 Å². The monoisotopic (exact) mass is 469 g/mol. The standard InChI is InChI=1S/C24H19OP.C7H17N/c25-23-17-9-7-15-21(23)22-16-8-10-18-24(22)26(19-11-3-1-4-12-19)20-13-5-2-6-14-20;1-6(2)8(5)7(3)4/h1-18,25H;6-7H,1-5H3. The molecule has 4 aromatic rings. The van der Waals surface area contributed by atoms with Crippen molar-refractivity contribution in [2.45, 2.75) is 39.8 Å². The summed E-state index contributed by atoms with van der Waals surface area (Å²) in [5, 5.41) is 14.3. The molecule has 34 heavy (non-hydrogen) atoms. The van der Waals surface area contributed by atoms with Crippen LogP contribution >= 0.6 is 7.92 Å². The van der Waals surface area contributed by atoms with Gasteiger partial charge in [0.15, 0.2) is 0 Å². The van der Waals surface area contributed by atoms with E-state index < -0.39 is 7.92 Å². The van der Waals surface area contributed by atoms with Crippen LogP contribution in [0, 0.1) is 0 Å². The second-order valence-electron chi connectivity index (χ2n) is 8.89. The van der Waals surface area contributed by atoms with Gasteiger partial charge in [-0.25, -0.2) is 0 Å². The number of benzene rings is 4. The van der Waals surface area contributed by atoms with Gasteiger partial charge in [0.25, 0.3) is 0 Å². The van der Waals surface area contributed by atoms with E-state index in [1.165, 1.54) is 15.9 Å². The van der Waals surface area contributed by atoms with Crippen LogP contribution in [0.15, 0.2) is 109 Å². The number of aromatic hydroxyl groups is 1. The lowest BCUT2D eigenvalue weighted by molar-refractivity contribution is 0.222. The Morgan fingerprint density at radius 2 is 0.971 bits per heavy atom. The zero-order valence-electron chi connectivity index (χ0n) is 20.9. The Kier molecular flexibility index (Phi) is 9.45. The van der Waals surface area contributed by atoms with E-state index in [1.807, 2.05) is 24.3 Å². The maximum Gasteiger partial charge on any atom is 0.123 e. The Morgan fingerprint density at radius 1 is 0.559 bits per heavy atom. The zero-order valence-corrected chi connectivity index (χ0v) is 21.8. The van der Waals surface area contributed by atoms with E-state index in [9.17, 15) is 5.11 Å². The van der Waals surface area contributed by atoms with E-state index in [-0.39, 0.29) is 0 Å². The Bertz CT molecular complexity index is 1090. The van der Waals surface area contributed by atoms with Crippen LogP contribution in [0.1, 0.15) is 27.7 Å². The van der Waals surface area contributed by atoms with Gasteiger partial charge in [-0.2, -0.15) is 0 Å². The molecule has 2 nitrogen and oxygen atoms in total. The molecule has 0 amide bonds. The zero-order chi connectivity index (χ0) is 24.5. The predicted molar refractivity (Wildman–Crippen MR) is 150 cm³/mol. The van der Waals surface area contributed by atoms with E-state index >= 15 is 0 Å². The Labute approximate surface area is 206 Å². The molecular formula is C31H36NOP. The first kappa shape index (κ1) is 25.7. The average molecular weight is 470 g/mol. The minimum absolute atomic E-state index is 0.316. The number of para-hydroxylation sites is 1. The number of hydrogen-bond acceptors (Lipinski definition) is 2. The molecule has 0 aliphatic heterocycles. The lowest BCUT2D eigenvalue weighted by Gasteiger charge is -2.24. The van der Waals surface area contributed by atoms with Crippen LogP contribution in [-0.4, -0.2) is 29.1 Å². The second-order valence-corrected chi connectivity index (χ2v) is 11.1. The van der Waals surface area contributed by atoms with Gasteiger partial charge in [-0.1, -0.05) is 103 Å². The molecule has 0 aliphatic rings. The van der Waals surface area contributed by atoms with Gasteiger partial charge >= 0.3 is 0 Å². The highest BCUT2D eigenvalue weighted by Gasteiger charge is 2.20. The van der Waals surface area contributed by atoms with Crippen LogP contribution in [0.5, 0.6) is 5.75 Å². The van der Waals surface area contributed by atoms with Gasteiger partial charge in [0, 0.05) is 17.6 Å². The minimum atomic E-state index is -0.714. The fourth-order valence-electron chi connectivity index (χ4n) is 3.78. The van der Waals surface area contributed by atoms with E-state index in [2.05, 4.69) is 119 Å². The quantitative estimate of drug-likeness (QED) is 0.324. The second kappa shape index (κ2) is 12.5. The number of phenols is 1. The first-order chi connectivity index (χ1) is 16.4. The molecule has 0 bridgehead atoms. The maximum atomic E-state index is 10.4. The predicted octanol–water partition coefficient (Wildman–Crippen LogP) is 6.55. The Morgan fingerprint density at radius 3 is 1.41 bits per heavy atom. The number of phenolic OH excluding ortho intramolecular Hbond substituents is 1. The number of hydrogen-bond donors (Lipinski definition) is 1. The average Bonchev–Trinajstić information content (AvgIpc) is 2.86. The van der Waals surface area contributed by atoms with Gasteiger partial charge in [-0.3, -0.25) is 0 Å². The van der Waals surface area contributed by atoms with Crippen LogP contribution in [0.3, 0.4) is 0 Å². The summed E-state index contributed by atoms with van der Waals surface area (Å²) in [6.07, 6.45) is 0. The van der Waals surface area contributed by atoms with Gasteiger partial charge in [-0.15, -0.1) is 0 Å². The Balaban J connectivity index is 0.000000350. The van der Waals surface area contributed by atoms with Crippen molar-refractivity contribution in [1.82, 2.24) is 4.90 Å². The molecule has 176 valence electrons. The van der Waals surface area contributed by atoms with Gasteiger partial charge in [0.05, 0.1) is 0 Å². The molecule has 0 saturated carbocycles. The van der Waals surface area contributed by atoms with Crippen LogP contribution in [0.25, 0.3) is 11.1 Å². The topological polar surface area (TPSA) is 23.5 Å². The lowest BCUT2D eigenvalue weighted by atomic mass is 10.0. The summed E-state index contributed by atoms with van der Waals surface area (Å²) < 4.78 is 0. The molecule has 0 atom stereocenters. The fraction of sp³-hybridized carbons (Fsp3) is 0.226. The molecule has 0 heterocycles. The first-order valence-corrected chi connectivity index (χ1v) is 13.2. The molecule has 0 saturated heterocycles. The largest absolute Gasteiger partial charge is 0.507 e. The molecule has 0 fully saturated rings. The lowest BCUT2D eigenvalue weighted by Crippen LogP contribution is -2.32. The summed E-state index contributed by atoms with van der Waals surface area (Å²) in [7, 11) is 1.43. The van der Waals surface area contributed by atoms with Gasteiger partial charge in [0.1, 0.15) is 5.75 Å². The number of rotatable bonds is 6. The van der Waals surface area contributed by atoms with E-state index in [0.29, 0.717) is 17.8 Å². The molecule has 4 aromatic carbocycles. The van der Waals surface area contributed by atoms with Crippen molar-refractivity contribution >= 4 is 23.8 Å². The van der Waals surface area contributed by atoms with Crippen LogP contribution < -0.4 is 15.9 Å². The van der Waals surface area contributed by atoms with Crippen LogP contribution in [-0.2, 0) is 0 Å². The third-order valence-corrected chi connectivity index (χ3v) is 8.50. The van der Waals surface area contributed by atoms with E-state index in [0.717, 1.165) is 11.1 Å². The highest BCUT2D eigenvalue weighted by molar-refractivity contribution is 7.80. The highest BCUT2D eigenvalue weighted by Crippen LogP contribution is 2.38. The number of nitrogens with zero attached hydrogens (tertiary/aromatic N) is 1. The smallest absolute Gasteiger partial charge is 0.123 e. The van der Waals surface area contributed by atoms with Crippen molar-refractivity contribution in [2.24, 2.45) is 0 Å². The van der Waals surface area contributed by atoms with Gasteiger partial charge in [-0.05, 0) is 70.2 Å². The summed E-state index contributed by atoms with van der Waals surface area (Å²) in [5.41, 5.74) is 1.96. The molecule has 3 heteroatoms. The Hall–Kier alpha value is -2.93. The summed E-state index contributed by atoms with van der Waals surface area (Å²) in [6.45, 7) is 8.83. The molecule has 4 rings (SSSR count). The van der Waals surface area contributed by atoms with Gasteiger partial charge < -0.3 is 10.0 Å². The molecular weight excluding hydrogens is 433 g/mol. The normalized spacial score (nSPS) is 11.1. The van der Waals surface area contributed by atoms with Crippen molar-refractivity contribution in [1.29, 1.82) is 0 Å². The SMILES string of the molecule is CC(C)N(C)C(C)C.Oc1ccccc1-c1ccccc1P(c1ccccc1)c1ccccc1. The third-order valence-electron chi connectivity index (χ3n) is 6.00. The first-order valence-electron chi connectivity index (χ1n) is 11.9. The molecule has 0 radical (unpaired) electrons. The molecule has 0 aliphatic carbocycles. The summed E-state index contributed by atoms with van der Waals surface area (Å²) in [4.78, 5) is 2.33. The van der Waals surface area contributed by atoms with Crippen molar-refractivity contribution in [3.8, 4) is 16.9 Å². The molecule has 0 spiro atoms. The van der Waals surface area contributed by atoms with Gasteiger partial charge in [0.2, 0.25) is 0 Å². The van der Waals surface area contributed by atoms with Crippen molar-refractivity contribution < 1.29 is 5.11 Å². The molecule has 0 unspecified atom stereocenters. The van der Waals surface area contributed by atoms with Crippen molar-refractivity contribution in [3.05, 3.63) is 109 Å². The summed E-state index contributed by atoms with van der Waals surface area (Å²) in [6, 6.07) is 38.6.